The summed E-state index contributed by atoms with van der Waals surface area (Å²) in [7, 11) is 0. The molecule has 9 nitrogen and oxygen atoms in total. The third-order valence-corrected chi connectivity index (χ3v) is 6.36. The number of hydrogen-bond donors (Lipinski definition) is 2. The summed E-state index contributed by atoms with van der Waals surface area (Å²) in [6.45, 7) is 5.40. The van der Waals surface area contributed by atoms with Gasteiger partial charge in [-0.05, 0) is 55.0 Å². The van der Waals surface area contributed by atoms with Crippen LogP contribution in [0, 0.1) is 18.6 Å². The minimum atomic E-state index is -0.562. The Morgan fingerprint density at radius 2 is 1.86 bits per heavy atom. The minimum Gasteiger partial charge on any atom is -0.367 e. The second-order valence-corrected chi connectivity index (χ2v) is 9.00. The van der Waals surface area contributed by atoms with E-state index in [0.29, 0.717) is 42.3 Å². The maximum absolute atomic E-state index is 14.1. The molecular formula is C26H24F2N8O. The Labute approximate surface area is 211 Å². The third-order valence-electron chi connectivity index (χ3n) is 6.36. The van der Waals surface area contributed by atoms with Crippen molar-refractivity contribution in [2.45, 2.75) is 13.5 Å². The van der Waals surface area contributed by atoms with E-state index in [2.05, 4.69) is 35.3 Å². The summed E-state index contributed by atoms with van der Waals surface area (Å²) in [5.74, 6) is 1.21. The molecule has 3 aromatic heterocycles. The van der Waals surface area contributed by atoms with Crippen molar-refractivity contribution in [2.75, 3.05) is 36.4 Å². The average molecular weight is 503 g/mol. The van der Waals surface area contributed by atoms with Crippen molar-refractivity contribution in [1.82, 2.24) is 30.0 Å². The molecule has 0 atom stereocenters. The zero-order valence-electron chi connectivity index (χ0n) is 20.1. The number of benzene rings is 2. The smallest absolute Gasteiger partial charge is 0.257 e. The monoisotopic (exact) mass is 502 g/mol. The summed E-state index contributed by atoms with van der Waals surface area (Å²) in [6.07, 6.45) is 1.76. The van der Waals surface area contributed by atoms with Gasteiger partial charge in [0.25, 0.3) is 5.89 Å². The van der Waals surface area contributed by atoms with Crippen LogP contribution in [0.2, 0.25) is 0 Å². The fourth-order valence-electron chi connectivity index (χ4n) is 4.52. The molecule has 2 aromatic carbocycles. The van der Waals surface area contributed by atoms with E-state index >= 15 is 0 Å². The van der Waals surface area contributed by atoms with Crippen LogP contribution < -0.4 is 10.2 Å². The van der Waals surface area contributed by atoms with Gasteiger partial charge in [-0.2, -0.15) is 4.98 Å². The molecule has 0 spiro atoms. The Kier molecular flexibility index (Phi) is 5.97. The number of pyridine rings is 1. The predicted molar refractivity (Wildman–Crippen MR) is 135 cm³/mol. The molecule has 0 bridgehead atoms. The molecule has 1 saturated heterocycles. The highest BCUT2D eigenvalue weighted by molar-refractivity contribution is 5.82. The van der Waals surface area contributed by atoms with Crippen molar-refractivity contribution in [3.8, 4) is 11.5 Å². The topological polar surface area (TPSA) is 99.0 Å². The molecular weight excluding hydrogens is 478 g/mol. The fourth-order valence-corrected chi connectivity index (χ4v) is 4.52. The largest absolute Gasteiger partial charge is 0.367 e. The molecule has 0 amide bonds. The highest BCUT2D eigenvalue weighted by atomic mass is 19.1. The van der Waals surface area contributed by atoms with Crippen molar-refractivity contribution in [3.63, 3.8) is 0 Å². The SMILES string of the molecule is Cc1noc(-c2ccc3nc(Nc4cc(CN5CCN(c6ccc(F)cc6F)CC5)ccn4)[nH]c3c2)n1. The number of piperazine rings is 1. The number of aromatic amines is 1. The van der Waals surface area contributed by atoms with E-state index in [4.69, 9.17) is 4.52 Å². The molecule has 11 heteroatoms. The molecule has 0 radical (unpaired) electrons. The summed E-state index contributed by atoms with van der Waals surface area (Å²) in [4.78, 5) is 20.8. The maximum atomic E-state index is 14.1. The lowest BCUT2D eigenvalue weighted by Gasteiger charge is -2.36. The Balaban J connectivity index is 1.10. The van der Waals surface area contributed by atoms with E-state index in [1.54, 1.807) is 13.1 Å². The van der Waals surface area contributed by atoms with Gasteiger partial charge in [0.2, 0.25) is 5.95 Å². The molecule has 1 fully saturated rings. The standard InChI is InChI=1S/C26H24F2N8O/c1-16-30-25(37-34-16)18-2-4-21-22(13-18)32-26(31-21)33-24-12-17(6-7-29-24)15-35-8-10-36(11-9-35)23-5-3-19(27)14-20(23)28/h2-7,12-14H,8-11,15H2,1H3,(H2,29,31,32,33). The number of rotatable bonds is 6. The predicted octanol–water partition coefficient (Wildman–Crippen LogP) is 4.66. The van der Waals surface area contributed by atoms with Crippen molar-refractivity contribution >= 4 is 28.5 Å². The second kappa shape index (κ2) is 9.58. The fraction of sp³-hybridized carbons (Fsp3) is 0.231. The van der Waals surface area contributed by atoms with Gasteiger partial charge in [-0.15, -0.1) is 0 Å². The van der Waals surface area contributed by atoms with Crippen LogP contribution in [-0.4, -0.2) is 56.2 Å². The first kappa shape index (κ1) is 23.0. The molecule has 6 rings (SSSR count). The average Bonchev–Trinajstić information content (AvgIpc) is 3.50. The zero-order valence-corrected chi connectivity index (χ0v) is 20.1. The minimum absolute atomic E-state index is 0.446. The lowest BCUT2D eigenvalue weighted by Crippen LogP contribution is -2.46. The van der Waals surface area contributed by atoms with Crippen molar-refractivity contribution < 1.29 is 13.3 Å². The van der Waals surface area contributed by atoms with Gasteiger partial charge < -0.3 is 19.7 Å². The molecule has 0 unspecified atom stereocenters. The van der Waals surface area contributed by atoms with E-state index < -0.39 is 11.6 Å². The number of imidazole rings is 1. The molecule has 1 aliphatic heterocycles. The Hall–Kier alpha value is -4.38. The van der Waals surface area contributed by atoms with Gasteiger partial charge >= 0.3 is 0 Å². The molecule has 188 valence electrons. The van der Waals surface area contributed by atoms with Crippen LogP contribution in [0.1, 0.15) is 11.4 Å². The van der Waals surface area contributed by atoms with E-state index in [0.717, 1.165) is 47.9 Å². The van der Waals surface area contributed by atoms with E-state index in [1.807, 2.05) is 35.2 Å². The van der Waals surface area contributed by atoms with E-state index in [9.17, 15) is 8.78 Å². The van der Waals surface area contributed by atoms with Crippen molar-refractivity contribution in [2.24, 2.45) is 0 Å². The maximum Gasteiger partial charge on any atom is 0.257 e. The first-order chi connectivity index (χ1) is 18.0. The van der Waals surface area contributed by atoms with Gasteiger partial charge in [-0.3, -0.25) is 4.90 Å². The summed E-state index contributed by atoms with van der Waals surface area (Å²) < 4.78 is 32.6. The summed E-state index contributed by atoms with van der Waals surface area (Å²) in [5.41, 5.74) is 3.99. The van der Waals surface area contributed by atoms with Crippen LogP contribution >= 0.6 is 0 Å². The van der Waals surface area contributed by atoms with Crippen molar-refractivity contribution in [1.29, 1.82) is 0 Å². The Bertz CT molecular complexity index is 1560. The van der Waals surface area contributed by atoms with Crippen molar-refractivity contribution in [3.05, 3.63) is 77.8 Å². The highest BCUT2D eigenvalue weighted by Gasteiger charge is 2.20. The van der Waals surface area contributed by atoms with Gasteiger partial charge in [0.1, 0.15) is 17.5 Å². The first-order valence-corrected chi connectivity index (χ1v) is 11.9. The van der Waals surface area contributed by atoms with Crippen LogP contribution in [0.5, 0.6) is 0 Å². The van der Waals surface area contributed by atoms with Crippen LogP contribution in [-0.2, 0) is 6.54 Å². The molecule has 0 saturated carbocycles. The quantitative estimate of drug-likeness (QED) is 0.346. The normalized spacial score (nSPS) is 14.4. The second-order valence-electron chi connectivity index (χ2n) is 9.00. The molecule has 1 aliphatic rings. The van der Waals surface area contributed by atoms with Gasteiger partial charge in [0, 0.05) is 50.6 Å². The molecule has 5 aromatic rings. The third kappa shape index (κ3) is 4.98. The lowest BCUT2D eigenvalue weighted by atomic mass is 10.2. The van der Waals surface area contributed by atoms with E-state index in [1.165, 1.54) is 12.1 Å². The first-order valence-electron chi connectivity index (χ1n) is 11.9. The number of nitrogens with zero attached hydrogens (tertiary/aromatic N) is 6. The van der Waals surface area contributed by atoms with Gasteiger partial charge in [-0.1, -0.05) is 5.16 Å². The van der Waals surface area contributed by atoms with Crippen LogP contribution in [0.15, 0.2) is 59.3 Å². The van der Waals surface area contributed by atoms with Crippen LogP contribution in [0.3, 0.4) is 0 Å². The number of nitrogens with one attached hydrogen (secondary N) is 2. The van der Waals surface area contributed by atoms with Gasteiger partial charge in [0.15, 0.2) is 5.82 Å². The molecule has 2 N–H and O–H groups in total. The van der Waals surface area contributed by atoms with Gasteiger partial charge in [0.05, 0.1) is 16.7 Å². The number of anilines is 3. The number of aryl methyl sites for hydroxylation is 1. The van der Waals surface area contributed by atoms with E-state index in [-0.39, 0.29) is 0 Å². The Morgan fingerprint density at radius 3 is 2.65 bits per heavy atom. The summed E-state index contributed by atoms with van der Waals surface area (Å²) in [6, 6.07) is 13.4. The number of halogens is 2. The number of aromatic nitrogens is 5. The summed E-state index contributed by atoms with van der Waals surface area (Å²) in [5, 5.41) is 7.09. The zero-order chi connectivity index (χ0) is 25.4. The Morgan fingerprint density at radius 1 is 1.00 bits per heavy atom. The summed E-state index contributed by atoms with van der Waals surface area (Å²) >= 11 is 0. The lowest BCUT2D eigenvalue weighted by molar-refractivity contribution is 0.249. The van der Waals surface area contributed by atoms with Crippen LogP contribution in [0.4, 0.5) is 26.2 Å². The number of fused-ring (bicyclic) bond motifs is 1. The highest BCUT2D eigenvalue weighted by Crippen LogP contribution is 2.25. The number of hydrogen-bond acceptors (Lipinski definition) is 8. The molecule has 37 heavy (non-hydrogen) atoms. The van der Waals surface area contributed by atoms with Gasteiger partial charge in [-0.25, -0.2) is 18.7 Å². The van der Waals surface area contributed by atoms with Crippen LogP contribution in [0.25, 0.3) is 22.5 Å². The molecule has 4 heterocycles. The molecule has 0 aliphatic carbocycles. The number of H-pyrrole nitrogens is 1.